The molecule has 2 fully saturated rings. The van der Waals surface area contributed by atoms with E-state index in [1.807, 2.05) is 18.7 Å². The highest BCUT2D eigenvalue weighted by Crippen LogP contribution is 2.30. The van der Waals surface area contributed by atoms with Gasteiger partial charge in [-0.05, 0) is 31.9 Å². The molecule has 11 nitrogen and oxygen atoms in total. The van der Waals surface area contributed by atoms with Crippen molar-refractivity contribution in [1.82, 2.24) is 4.90 Å². The normalized spacial score (nSPS) is 20.8. The first-order valence-corrected chi connectivity index (χ1v) is 12.7. The highest BCUT2D eigenvalue weighted by molar-refractivity contribution is 7.91. The number of hydrogen-bond acceptors (Lipinski definition) is 9. The van der Waals surface area contributed by atoms with Crippen LogP contribution in [0.15, 0.2) is 18.2 Å². The number of nitrogens with zero attached hydrogens (tertiary/aromatic N) is 3. The first kappa shape index (κ1) is 24.9. The van der Waals surface area contributed by atoms with Gasteiger partial charge in [-0.2, -0.15) is 0 Å². The van der Waals surface area contributed by atoms with Gasteiger partial charge in [0, 0.05) is 31.2 Å². The van der Waals surface area contributed by atoms with E-state index in [0.29, 0.717) is 44.8 Å². The average Bonchev–Trinajstić information content (AvgIpc) is 3.16. The molecule has 1 aromatic rings. The number of morpholine rings is 1. The second-order valence-electron chi connectivity index (χ2n) is 8.25. The van der Waals surface area contributed by atoms with Crippen LogP contribution in [0.5, 0.6) is 0 Å². The van der Waals surface area contributed by atoms with Crippen LogP contribution in [0.25, 0.3) is 0 Å². The zero-order valence-corrected chi connectivity index (χ0v) is 19.6. The fourth-order valence-corrected chi connectivity index (χ4v) is 5.87. The predicted molar refractivity (Wildman–Crippen MR) is 120 cm³/mol. The molecule has 2 saturated heterocycles. The summed E-state index contributed by atoms with van der Waals surface area (Å²) in [6, 6.07) is 3.40. The molecule has 0 N–H and O–H groups in total. The third kappa shape index (κ3) is 5.99. The Morgan fingerprint density at radius 1 is 1.33 bits per heavy atom. The molecule has 0 aromatic heterocycles. The quantitative estimate of drug-likeness (QED) is 0.305. The van der Waals surface area contributed by atoms with E-state index in [0.717, 1.165) is 6.07 Å². The van der Waals surface area contributed by atoms with Crippen LogP contribution in [0.3, 0.4) is 0 Å². The summed E-state index contributed by atoms with van der Waals surface area (Å²) in [5.41, 5.74) is 0.126. The zero-order valence-electron chi connectivity index (χ0n) is 18.8. The molecular formula is C21H29N3O8S. The van der Waals surface area contributed by atoms with E-state index in [9.17, 15) is 28.1 Å². The molecule has 2 heterocycles. The van der Waals surface area contributed by atoms with Crippen molar-refractivity contribution in [2.24, 2.45) is 0 Å². The lowest BCUT2D eigenvalue weighted by atomic mass is 10.1. The maximum atomic E-state index is 12.8. The molecule has 33 heavy (non-hydrogen) atoms. The molecule has 2 aliphatic rings. The zero-order chi connectivity index (χ0) is 24.2. The summed E-state index contributed by atoms with van der Waals surface area (Å²) < 4.78 is 34.2. The first-order valence-electron chi connectivity index (χ1n) is 10.9. The van der Waals surface area contributed by atoms with Crippen LogP contribution in [0, 0.1) is 10.1 Å². The van der Waals surface area contributed by atoms with Crippen LogP contribution in [-0.2, 0) is 24.1 Å². The minimum absolute atomic E-state index is 0.0246. The lowest BCUT2D eigenvalue weighted by Crippen LogP contribution is -2.48. The molecule has 2 aliphatic heterocycles. The number of rotatable bonds is 8. The lowest BCUT2D eigenvalue weighted by molar-refractivity contribution is -0.384. The van der Waals surface area contributed by atoms with Crippen molar-refractivity contribution in [2.45, 2.75) is 38.8 Å². The van der Waals surface area contributed by atoms with E-state index in [-0.39, 0.29) is 28.8 Å². The Kier molecular flexibility index (Phi) is 7.90. The van der Waals surface area contributed by atoms with Crippen molar-refractivity contribution in [3.8, 4) is 0 Å². The Morgan fingerprint density at radius 3 is 2.61 bits per heavy atom. The first-order chi connectivity index (χ1) is 15.6. The maximum Gasteiger partial charge on any atom is 0.338 e. The van der Waals surface area contributed by atoms with Gasteiger partial charge in [-0.1, -0.05) is 6.92 Å². The number of anilines is 1. The summed E-state index contributed by atoms with van der Waals surface area (Å²) >= 11 is 0. The topological polar surface area (TPSA) is 136 Å². The number of hydrogen-bond donors (Lipinski definition) is 0. The van der Waals surface area contributed by atoms with Crippen LogP contribution in [0.4, 0.5) is 11.4 Å². The van der Waals surface area contributed by atoms with Gasteiger partial charge in [-0.25, -0.2) is 13.2 Å². The number of esters is 1. The molecule has 1 amide bonds. The van der Waals surface area contributed by atoms with Gasteiger partial charge in [-0.15, -0.1) is 0 Å². The Bertz CT molecular complexity index is 1010. The summed E-state index contributed by atoms with van der Waals surface area (Å²) in [4.78, 5) is 39.7. The fraction of sp³-hybridized carbons (Fsp3) is 0.619. The summed E-state index contributed by atoms with van der Waals surface area (Å²) in [5, 5.41) is 11.6. The summed E-state index contributed by atoms with van der Waals surface area (Å²) in [7, 11) is -3.19. The molecule has 0 unspecified atom stereocenters. The molecular weight excluding hydrogens is 454 g/mol. The van der Waals surface area contributed by atoms with Gasteiger partial charge in [0.15, 0.2) is 16.4 Å². The van der Waals surface area contributed by atoms with Crippen LogP contribution >= 0.6 is 0 Å². The molecule has 2 atom stereocenters. The summed E-state index contributed by atoms with van der Waals surface area (Å²) in [6.07, 6.45) is 0.965. The SMILES string of the molecule is CC[C@H](C)N(C(=O)COC(=O)c1ccc(N2CCOCC2)c([N+](=O)[O-])c1)[C@H]1CCS(=O)(=O)C1. The van der Waals surface area contributed by atoms with E-state index < -0.39 is 39.3 Å². The van der Waals surface area contributed by atoms with Gasteiger partial charge in [-0.3, -0.25) is 14.9 Å². The number of sulfone groups is 1. The van der Waals surface area contributed by atoms with Crippen molar-refractivity contribution < 1.29 is 32.4 Å². The van der Waals surface area contributed by atoms with Crippen LogP contribution < -0.4 is 4.90 Å². The van der Waals surface area contributed by atoms with Crippen LogP contribution in [-0.4, -0.2) is 86.6 Å². The van der Waals surface area contributed by atoms with Gasteiger partial charge in [0.25, 0.3) is 11.6 Å². The Morgan fingerprint density at radius 2 is 2.03 bits per heavy atom. The van der Waals surface area contributed by atoms with Crippen molar-refractivity contribution >= 4 is 33.1 Å². The van der Waals surface area contributed by atoms with Gasteiger partial charge in [0.1, 0.15) is 5.69 Å². The van der Waals surface area contributed by atoms with Crippen molar-refractivity contribution in [3.05, 3.63) is 33.9 Å². The van der Waals surface area contributed by atoms with E-state index in [1.54, 1.807) is 0 Å². The van der Waals surface area contributed by atoms with Crippen molar-refractivity contribution in [1.29, 1.82) is 0 Å². The minimum Gasteiger partial charge on any atom is -0.452 e. The molecule has 0 spiro atoms. The predicted octanol–water partition coefficient (Wildman–Crippen LogP) is 1.40. The summed E-state index contributed by atoms with van der Waals surface area (Å²) in [5.74, 6) is -1.43. The van der Waals surface area contributed by atoms with Gasteiger partial charge < -0.3 is 19.3 Å². The number of carbonyl (C=O) groups excluding carboxylic acids is 2. The molecule has 0 radical (unpaired) electrons. The highest BCUT2D eigenvalue weighted by atomic mass is 32.2. The maximum absolute atomic E-state index is 12.8. The fourth-order valence-electron chi connectivity index (χ4n) is 4.15. The highest BCUT2D eigenvalue weighted by Gasteiger charge is 2.37. The number of benzene rings is 1. The lowest BCUT2D eigenvalue weighted by Gasteiger charge is -2.33. The van der Waals surface area contributed by atoms with Crippen LogP contribution in [0.1, 0.15) is 37.0 Å². The van der Waals surface area contributed by atoms with E-state index in [4.69, 9.17) is 9.47 Å². The number of carbonyl (C=O) groups is 2. The van der Waals surface area contributed by atoms with Crippen molar-refractivity contribution in [3.63, 3.8) is 0 Å². The van der Waals surface area contributed by atoms with E-state index >= 15 is 0 Å². The molecule has 1 aromatic carbocycles. The Balaban J connectivity index is 1.70. The molecule has 0 aliphatic carbocycles. The number of ether oxygens (including phenoxy) is 2. The molecule has 0 saturated carbocycles. The molecule has 182 valence electrons. The Labute approximate surface area is 192 Å². The third-order valence-electron chi connectivity index (χ3n) is 6.04. The van der Waals surface area contributed by atoms with Crippen LogP contribution in [0.2, 0.25) is 0 Å². The largest absolute Gasteiger partial charge is 0.452 e. The second kappa shape index (κ2) is 10.5. The second-order valence-corrected chi connectivity index (χ2v) is 10.5. The molecule has 3 rings (SSSR count). The van der Waals surface area contributed by atoms with E-state index in [2.05, 4.69) is 0 Å². The minimum atomic E-state index is -3.19. The number of nitro benzene ring substituents is 1. The average molecular weight is 484 g/mol. The number of amides is 1. The Hall–Kier alpha value is -2.73. The molecule has 0 bridgehead atoms. The molecule has 12 heteroatoms. The van der Waals surface area contributed by atoms with Gasteiger partial charge >= 0.3 is 5.97 Å². The van der Waals surface area contributed by atoms with Gasteiger partial charge in [0.2, 0.25) is 0 Å². The number of nitro groups is 1. The van der Waals surface area contributed by atoms with Crippen molar-refractivity contribution in [2.75, 3.05) is 49.3 Å². The third-order valence-corrected chi connectivity index (χ3v) is 7.79. The van der Waals surface area contributed by atoms with Gasteiger partial charge in [0.05, 0.1) is 35.2 Å². The summed E-state index contributed by atoms with van der Waals surface area (Å²) in [6.45, 7) is 5.05. The standard InChI is InChI=1S/C21H29N3O8S/c1-3-15(2)23(17-6-11-33(29,30)14-17)20(25)13-32-21(26)16-4-5-18(19(12-16)24(27)28)22-7-9-31-10-8-22/h4-5,12,15,17H,3,6-11,13-14H2,1-2H3/t15-,17-/m0/s1. The monoisotopic (exact) mass is 483 g/mol. The smallest absolute Gasteiger partial charge is 0.338 e. The van der Waals surface area contributed by atoms with E-state index in [1.165, 1.54) is 17.0 Å².